The second kappa shape index (κ2) is 3.65. The molecule has 0 radical (unpaired) electrons. The standard InChI is InChI=1S/C7H15NO2S/c8-7(6-11(9)10)4-2-1-3-5-7/h1-6,8H2,(H,9,10). The average Bonchev–Trinajstić information content (AvgIpc) is 1.85. The largest absolute Gasteiger partial charge is 0.324 e. The predicted octanol–water partition coefficient (Wildman–Crippen LogP) is 0.870. The van der Waals surface area contributed by atoms with E-state index in [4.69, 9.17) is 10.3 Å². The second-order valence-electron chi connectivity index (χ2n) is 3.39. The highest BCUT2D eigenvalue weighted by molar-refractivity contribution is 7.79. The molecule has 1 saturated carbocycles. The lowest BCUT2D eigenvalue weighted by Crippen LogP contribution is -2.46. The number of hydrogen-bond acceptors (Lipinski definition) is 2. The van der Waals surface area contributed by atoms with Crippen molar-refractivity contribution in [1.29, 1.82) is 0 Å². The Morgan fingerprint density at radius 1 is 1.36 bits per heavy atom. The van der Waals surface area contributed by atoms with Gasteiger partial charge < -0.3 is 10.3 Å². The van der Waals surface area contributed by atoms with Crippen LogP contribution in [0.25, 0.3) is 0 Å². The topological polar surface area (TPSA) is 63.3 Å². The Hall–Kier alpha value is 0.0700. The minimum atomic E-state index is -1.73. The van der Waals surface area contributed by atoms with Gasteiger partial charge in [0.15, 0.2) is 11.1 Å². The van der Waals surface area contributed by atoms with Crippen LogP contribution in [0.1, 0.15) is 32.1 Å². The normalized spacial score (nSPS) is 26.4. The quantitative estimate of drug-likeness (QED) is 0.615. The van der Waals surface area contributed by atoms with Gasteiger partial charge in [0.2, 0.25) is 0 Å². The summed E-state index contributed by atoms with van der Waals surface area (Å²) in [5.74, 6) is 0.243. The molecule has 0 bridgehead atoms. The van der Waals surface area contributed by atoms with E-state index in [9.17, 15) is 4.21 Å². The third kappa shape index (κ3) is 2.89. The first kappa shape index (κ1) is 9.16. The lowest BCUT2D eigenvalue weighted by molar-refractivity contribution is 0.322. The van der Waals surface area contributed by atoms with Crippen molar-refractivity contribution in [2.45, 2.75) is 37.6 Å². The van der Waals surface area contributed by atoms with Crippen molar-refractivity contribution in [3.63, 3.8) is 0 Å². The third-order valence-electron chi connectivity index (χ3n) is 2.26. The summed E-state index contributed by atoms with van der Waals surface area (Å²) in [4.78, 5) is 0. The van der Waals surface area contributed by atoms with Crippen LogP contribution in [0.4, 0.5) is 0 Å². The molecule has 0 aliphatic heterocycles. The van der Waals surface area contributed by atoms with E-state index in [1.165, 1.54) is 6.42 Å². The van der Waals surface area contributed by atoms with Crippen molar-refractivity contribution in [3.8, 4) is 0 Å². The van der Waals surface area contributed by atoms with E-state index in [0.29, 0.717) is 0 Å². The van der Waals surface area contributed by atoms with Gasteiger partial charge in [-0.1, -0.05) is 19.3 Å². The molecule has 0 heterocycles. The maximum absolute atomic E-state index is 10.5. The van der Waals surface area contributed by atoms with Crippen molar-refractivity contribution < 1.29 is 8.76 Å². The summed E-state index contributed by atoms with van der Waals surface area (Å²) < 4.78 is 19.2. The van der Waals surface area contributed by atoms with Crippen molar-refractivity contribution in [3.05, 3.63) is 0 Å². The number of rotatable bonds is 2. The number of hydrogen-bond donors (Lipinski definition) is 2. The van der Waals surface area contributed by atoms with Crippen LogP contribution < -0.4 is 5.73 Å². The molecule has 0 saturated heterocycles. The first-order valence-corrected chi connectivity index (χ1v) is 5.26. The molecule has 66 valence electrons. The highest BCUT2D eigenvalue weighted by Gasteiger charge is 2.28. The molecule has 0 spiro atoms. The molecule has 3 nitrogen and oxygen atoms in total. The lowest BCUT2D eigenvalue weighted by Gasteiger charge is -2.31. The third-order valence-corrected chi connectivity index (χ3v) is 3.08. The van der Waals surface area contributed by atoms with Crippen LogP contribution in [0.15, 0.2) is 0 Å². The van der Waals surface area contributed by atoms with Gasteiger partial charge in [0.05, 0.1) is 5.75 Å². The molecule has 3 N–H and O–H groups in total. The minimum Gasteiger partial charge on any atom is -0.324 e. The van der Waals surface area contributed by atoms with Crippen LogP contribution in [-0.2, 0) is 11.1 Å². The molecule has 1 aliphatic carbocycles. The fourth-order valence-corrected chi connectivity index (χ4v) is 2.43. The molecule has 1 fully saturated rings. The summed E-state index contributed by atoms with van der Waals surface area (Å²) in [7, 11) is 0. The molecule has 0 aromatic rings. The van der Waals surface area contributed by atoms with Crippen molar-refractivity contribution >= 4 is 11.1 Å². The van der Waals surface area contributed by atoms with E-state index in [1.54, 1.807) is 0 Å². The molecule has 0 aromatic carbocycles. The monoisotopic (exact) mass is 177 g/mol. The Labute approximate surface area is 69.6 Å². The maximum Gasteiger partial charge on any atom is 0.154 e. The molecule has 0 aromatic heterocycles. The first-order valence-electron chi connectivity index (χ1n) is 3.99. The summed E-state index contributed by atoms with van der Waals surface area (Å²) >= 11 is -1.73. The predicted molar refractivity (Wildman–Crippen MR) is 45.6 cm³/mol. The van der Waals surface area contributed by atoms with E-state index in [-0.39, 0.29) is 11.3 Å². The minimum absolute atomic E-state index is 0.243. The summed E-state index contributed by atoms with van der Waals surface area (Å²) in [5, 5.41) is 0. The Kier molecular flexibility index (Phi) is 3.04. The van der Waals surface area contributed by atoms with Crippen LogP contribution in [0.5, 0.6) is 0 Å². The Balaban J connectivity index is 2.43. The number of nitrogens with two attached hydrogens (primary N) is 1. The average molecular weight is 177 g/mol. The SMILES string of the molecule is NC1(CS(=O)O)CCCCC1. The first-order chi connectivity index (χ1) is 5.12. The van der Waals surface area contributed by atoms with Gasteiger partial charge in [0.25, 0.3) is 0 Å². The summed E-state index contributed by atoms with van der Waals surface area (Å²) in [5.41, 5.74) is 5.56. The van der Waals surface area contributed by atoms with Crippen molar-refractivity contribution in [2.24, 2.45) is 5.73 Å². The zero-order chi connectivity index (χ0) is 8.32. The van der Waals surface area contributed by atoms with Crippen molar-refractivity contribution in [1.82, 2.24) is 0 Å². The van der Waals surface area contributed by atoms with Gasteiger partial charge >= 0.3 is 0 Å². The Morgan fingerprint density at radius 2 is 1.91 bits per heavy atom. The highest BCUT2D eigenvalue weighted by atomic mass is 32.2. The van der Waals surface area contributed by atoms with E-state index in [2.05, 4.69) is 0 Å². The molecular weight excluding hydrogens is 162 g/mol. The van der Waals surface area contributed by atoms with Crippen LogP contribution in [0.3, 0.4) is 0 Å². The molecule has 1 unspecified atom stereocenters. The smallest absolute Gasteiger partial charge is 0.154 e. The molecular formula is C7H15NO2S. The fraction of sp³-hybridized carbons (Fsp3) is 1.00. The molecule has 11 heavy (non-hydrogen) atoms. The summed E-state index contributed by atoms with van der Waals surface area (Å²) in [6.45, 7) is 0. The van der Waals surface area contributed by atoms with Gasteiger partial charge in [-0.25, -0.2) is 4.21 Å². The Bertz CT molecular complexity index is 155. The van der Waals surface area contributed by atoms with Crippen LogP contribution in [0, 0.1) is 0 Å². The van der Waals surface area contributed by atoms with Gasteiger partial charge in [-0.3, -0.25) is 0 Å². The van der Waals surface area contributed by atoms with Gasteiger partial charge in [0, 0.05) is 5.54 Å². The van der Waals surface area contributed by atoms with E-state index in [0.717, 1.165) is 25.7 Å². The zero-order valence-electron chi connectivity index (χ0n) is 6.58. The molecule has 4 heteroatoms. The molecule has 0 amide bonds. The van der Waals surface area contributed by atoms with Crippen molar-refractivity contribution in [2.75, 3.05) is 5.75 Å². The van der Waals surface area contributed by atoms with E-state index < -0.39 is 11.1 Å². The Morgan fingerprint density at radius 3 is 2.36 bits per heavy atom. The van der Waals surface area contributed by atoms with Gasteiger partial charge in [-0.05, 0) is 12.8 Å². The van der Waals surface area contributed by atoms with E-state index >= 15 is 0 Å². The fourth-order valence-electron chi connectivity index (χ4n) is 1.65. The van der Waals surface area contributed by atoms with Crippen LogP contribution >= 0.6 is 0 Å². The molecule has 1 aliphatic rings. The lowest BCUT2D eigenvalue weighted by atomic mass is 9.84. The zero-order valence-corrected chi connectivity index (χ0v) is 7.40. The maximum atomic E-state index is 10.5. The van der Waals surface area contributed by atoms with Crippen LogP contribution in [-0.4, -0.2) is 20.1 Å². The van der Waals surface area contributed by atoms with Gasteiger partial charge in [-0.15, -0.1) is 0 Å². The van der Waals surface area contributed by atoms with Gasteiger partial charge in [0.1, 0.15) is 0 Å². The summed E-state index contributed by atoms with van der Waals surface area (Å²) in [6.07, 6.45) is 5.23. The highest BCUT2D eigenvalue weighted by Crippen LogP contribution is 2.26. The molecule has 1 atom stereocenters. The van der Waals surface area contributed by atoms with Gasteiger partial charge in [-0.2, -0.15) is 0 Å². The van der Waals surface area contributed by atoms with E-state index in [1.807, 2.05) is 0 Å². The molecule has 1 rings (SSSR count). The summed E-state index contributed by atoms with van der Waals surface area (Å²) in [6, 6.07) is 0. The van der Waals surface area contributed by atoms with Crippen LogP contribution in [0.2, 0.25) is 0 Å². The second-order valence-corrected chi connectivity index (χ2v) is 4.32.